The molecule has 17 nitrogen and oxygen atoms in total. The number of alkyl carbamates (subject to hydrolysis) is 2. The van der Waals surface area contributed by atoms with Crippen molar-refractivity contribution in [1.82, 2.24) is 50.8 Å². The van der Waals surface area contributed by atoms with Gasteiger partial charge in [0.1, 0.15) is 23.7 Å². The van der Waals surface area contributed by atoms with Crippen LogP contribution in [0.4, 0.5) is 15.3 Å². The van der Waals surface area contributed by atoms with Crippen molar-refractivity contribution in [2.75, 3.05) is 32.2 Å². The smallest absolute Gasteiger partial charge is 0.407 e. The highest BCUT2D eigenvalue weighted by Gasteiger charge is 2.40. The summed E-state index contributed by atoms with van der Waals surface area (Å²) in [4.78, 5) is 67.6. The molecule has 5 heterocycles. The van der Waals surface area contributed by atoms with Crippen LogP contribution < -0.4 is 15.5 Å². The summed E-state index contributed by atoms with van der Waals surface area (Å²) >= 11 is 0. The number of amides is 4. The number of rotatable bonds is 13. The van der Waals surface area contributed by atoms with Gasteiger partial charge in [-0.05, 0) is 84.6 Å². The molecule has 69 heavy (non-hydrogen) atoms. The average molecular weight is 942 g/mol. The quantitative estimate of drug-likeness (QED) is 0.0879. The van der Waals surface area contributed by atoms with E-state index in [1.165, 1.54) is 30.9 Å². The molecule has 0 saturated carbocycles. The molecule has 5 aromatic rings. The number of ether oxygens (including phenoxy) is 2. The Kier molecular flexibility index (Phi) is 14.4. The summed E-state index contributed by atoms with van der Waals surface area (Å²) in [6, 6.07) is 24.2. The van der Waals surface area contributed by atoms with E-state index in [1.807, 2.05) is 27.7 Å². The monoisotopic (exact) mass is 942 g/mol. The number of carbonyl (C=O) groups is 4. The Balaban J connectivity index is 1.00. The summed E-state index contributed by atoms with van der Waals surface area (Å²) in [5, 5.41) is 20.9. The highest BCUT2D eigenvalue weighted by Crippen LogP contribution is 2.48. The van der Waals surface area contributed by atoms with E-state index < -0.39 is 24.3 Å². The maximum absolute atomic E-state index is 13.7. The van der Waals surface area contributed by atoms with Gasteiger partial charge in [-0.15, -0.1) is 0 Å². The fourth-order valence-corrected chi connectivity index (χ4v) is 10.2. The molecule has 3 aliphatic heterocycles. The van der Waals surface area contributed by atoms with Crippen LogP contribution in [0.1, 0.15) is 139 Å². The van der Waals surface area contributed by atoms with Gasteiger partial charge in [0.05, 0.1) is 38.4 Å². The molecule has 0 radical (unpaired) electrons. The molecular weight excluding hydrogens is 875 g/mol. The van der Waals surface area contributed by atoms with E-state index in [2.05, 4.69) is 129 Å². The summed E-state index contributed by atoms with van der Waals surface area (Å²) < 4.78 is 9.60. The van der Waals surface area contributed by atoms with Crippen molar-refractivity contribution in [3.8, 4) is 22.8 Å². The van der Waals surface area contributed by atoms with Crippen molar-refractivity contribution < 1.29 is 28.7 Å². The first-order valence-electron chi connectivity index (χ1n) is 24.3. The molecule has 4 N–H and O–H groups in total. The Morgan fingerprint density at radius 1 is 0.594 bits per heavy atom. The number of aromatic amines is 2. The van der Waals surface area contributed by atoms with Gasteiger partial charge in [-0.1, -0.05) is 109 Å². The fourth-order valence-electron chi connectivity index (χ4n) is 10.2. The second kappa shape index (κ2) is 20.4. The Labute approximate surface area is 404 Å². The second-order valence-corrected chi connectivity index (χ2v) is 20.2. The second-order valence-electron chi connectivity index (χ2n) is 20.2. The average Bonchev–Trinajstić information content (AvgIpc) is 4.21. The molecule has 0 aliphatic carbocycles. The maximum atomic E-state index is 13.7. The van der Waals surface area contributed by atoms with E-state index in [0.29, 0.717) is 36.4 Å². The van der Waals surface area contributed by atoms with Crippen molar-refractivity contribution in [1.29, 1.82) is 0 Å². The summed E-state index contributed by atoms with van der Waals surface area (Å²) in [7, 11) is 2.58. The zero-order valence-corrected chi connectivity index (χ0v) is 41.3. The highest BCUT2D eigenvalue weighted by atomic mass is 16.5. The topological polar surface area (TPSA) is 204 Å². The molecule has 3 fully saturated rings. The molecule has 3 aromatic carbocycles. The summed E-state index contributed by atoms with van der Waals surface area (Å²) in [5.41, 5.74) is 6.55. The number of likely N-dealkylation sites (tertiary alicyclic amines) is 2. The van der Waals surface area contributed by atoms with Gasteiger partial charge < -0.3 is 34.8 Å². The number of benzene rings is 3. The van der Waals surface area contributed by atoms with E-state index in [-0.39, 0.29) is 53.2 Å². The van der Waals surface area contributed by atoms with Crippen molar-refractivity contribution in [3.63, 3.8) is 0 Å². The van der Waals surface area contributed by atoms with Gasteiger partial charge in [-0.3, -0.25) is 19.8 Å². The minimum atomic E-state index is -0.718. The predicted octanol–water partition coefficient (Wildman–Crippen LogP) is 8.73. The first-order valence-corrected chi connectivity index (χ1v) is 24.3. The van der Waals surface area contributed by atoms with Gasteiger partial charge in [0.25, 0.3) is 0 Å². The fraction of sp³-hybridized carbons (Fsp3) is 0.500. The van der Waals surface area contributed by atoms with E-state index in [9.17, 15) is 19.2 Å². The molecule has 3 aliphatic rings. The number of hydrogen-bond donors (Lipinski definition) is 4. The van der Waals surface area contributed by atoms with Crippen molar-refractivity contribution >= 4 is 29.7 Å². The zero-order valence-electron chi connectivity index (χ0n) is 41.3. The number of carbonyl (C=O) groups excluding carboxylic acids is 4. The maximum Gasteiger partial charge on any atom is 0.407 e. The lowest BCUT2D eigenvalue weighted by atomic mass is 9.87. The minimum absolute atomic E-state index is 0.0158. The first-order chi connectivity index (χ1) is 33.1. The van der Waals surface area contributed by atoms with Crippen LogP contribution in [0.5, 0.6) is 0 Å². The third-order valence-corrected chi connectivity index (χ3v) is 14.0. The molecule has 366 valence electrons. The van der Waals surface area contributed by atoms with Gasteiger partial charge >= 0.3 is 12.2 Å². The minimum Gasteiger partial charge on any atom is -0.453 e. The number of nitrogens with one attached hydrogen (secondary N) is 4. The number of methoxy groups -OCH3 is 2. The summed E-state index contributed by atoms with van der Waals surface area (Å²) in [6.45, 7) is 15.4. The molecule has 17 heteroatoms. The molecule has 6 atom stereocenters. The van der Waals surface area contributed by atoms with Crippen LogP contribution in [0.2, 0.25) is 0 Å². The Bertz CT molecular complexity index is 2430. The molecule has 8 rings (SSSR count). The predicted molar refractivity (Wildman–Crippen MR) is 262 cm³/mol. The first kappa shape index (κ1) is 48.7. The van der Waals surface area contributed by atoms with E-state index in [4.69, 9.17) is 19.4 Å². The molecule has 6 unspecified atom stereocenters. The van der Waals surface area contributed by atoms with Gasteiger partial charge in [-0.2, -0.15) is 10.2 Å². The highest BCUT2D eigenvalue weighted by molar-refractivity contribution is 5.87. The van der Waals surface area contributed by atoms with Gasteiger partial charge in [0.15, 0.2) is 11.6 Å². The lowest BCUT2D eigenvalue weighted by Gasteiger charge is -2.34. The molecular formula is C52H67N11O6. The Morgan fingerprint density at radius 3 is 1.36 bits per heavy atom. The van der Waals surface area contributed by atoms with Crippen LogP contribution >= 0.6 is 0 Å². The van der Waals surface area contributed by atoms with Gasteiger partial charge in [0, 0.05) is 29.9 Å². The zero-order chi connectivity index (χ0) is 49.1. The molecule has 3 saturated heterocycles. The molecule has 0 bridgehead atoms. The number of hydrogen-bond acceptors (Lipinski definition) is 11. The van der Waals surface area contributed by atoms with Crippen LogP contribution in [0.25, 0.3) is 22.8 Å². The van der Waals surface area contributed by atoms with E-state index in [0.717, 1.165) is 55.3 Å². The van der Waals surface area contributed by atoms with Crippen molar-refractivity contribution in [2.24, 2.45) is 11.8 Å². The number of nitrogens with zero attached hydrogens (tertiary/aromatic N) is 7. The molecule has 0 spiro atoms. The Morgan fingerprint density at radius 2 is 1.00 bits per heavy atom. The molecule has 2 aromatic heterocycles. The van der Waals surface area contributed by atoms with Crippen LogP contribution in [0, 0.1) is 11.8 Å². The number of anilines is 1. The van der Waals surface area contributed by atoms with E-state index >= 15 is 0 Å². The normalized spacial score (nSPS) is 20.4. The van der Waals surface area contributed by atoms with Gasteiger partial charge in [0.2, 0.25) is 11.8 Å². The van der Waals surface area contributed by atoms with Gasteiger partial charge in [-0.25, -0.2) is 19.6 Å². The number of aromatic nitrogens is 6. The van der Waals surface area contributed by atoms with Crippen LogP contribution in [-0.4, -0.2) is 104 Å². The third-order valence-electron chi connectivity index (χ3n) is 14.0. The third kappa shape index (κ3) is 10.3. The summed E-state index contributed by atoms with van der Waals surface area (Å²) in [5.74, 6) is 1.78. The lowest BCUT2D eigenvalue weighted by Crippen LogP contribution is -2.51. The molecule has 4 amide bonds. The lowest BCUT2D eigenvalue weighted by molar-refractivity contribution is -0.136. The SMILES string of the molecule is COC(=O)NC(C(=O)N1CCCC1c1nc(-c2ccc(C3CCC(c4ccc(-c5n[nH]c(C6CCCN6C(=O)C(NC(=O)OC)C(C)C)n5)cc4)N3c3ccc(C(C)(C)C)cc3)cc2)n[nH]1)C(C)C. The summed E-state index contributed by atoms with van der Waals surface area (Å²) in [6.07, 6.45) is 3.73. The van der Waals surface area contributed by atoms with E-state index in [1.54, 1.807) is 9.80 Å². The van der Waals surface area contributed by atoms with Crippen LogP contribution in [0.15, 0.2) is 72.8 Å². The van der Waals surface area contributed by atoms with Crippen LogP contribution in [0.3, 0.4) is 0 Å². The number of H-pyrrole nitrogens is 2. The standard InChI is InChI=1S/C52H67N11O6/c1-30(2)42(53-50(66)68-8)48(64)61-28-10-12-40(61)46-55-44(57-59-46)34-18-14-32(15-19-34)38-26-27-39(63(38)37-24-22-36(23-25-37)52(5,6)7)33-16-20-35(21-17-33)45-56-47(60-58-45)41-13-11-29-62(41)49(65)43(31(3)4)54-51(67)69-9/h14-25,30-31,38-43H,10-13,26-29H2,1-9H3,(H,53,66)(H,54,67)(H,55,57,59)(H,56,58,60). The van der Waals surface area contributed by atoms with Crippen molar-refractivity contribution in [2.45, 2.75) is 129 Å². The Hall–Kier alpha value is -6.78. The van der Waals surface area contributed by atoms with Crippen molar-refractivity contribution in [3.05, 3.63) is 101 Å². The van der Waals surface area contributed by atoms with Crippen LogP contribution in [-0.2, 0) is 24.5 Å². The largest absolute Gasteiger partial charge is 0.453 e.